The van der Waals surface area contributed by atoms with E-state index < -0.39 is 0 Å². The van der Waals surface area contributed by atoms with Crippen molar-refractivity contribution in [1.29, 1.82) is 10.8 Å². The van der Waals surface area contributed by atoms with E-state index in [4.69, 9.17) is 10.8 Å². The van der Waals surface area contributed by atoms with Gasteiger partial charge in [-0.2, -0.15) is 0 Å². The van der Waals surface area contributed by atoms with Crippen molar-refractivity contribution in [3.05, 3.63) is 29.4 Å². The minimum absolute atomic E-state index is 0.344. The Morgan fingerprint density at radius 1 is 1.42 bits per heavy atom. The fraction of sp³-hybridized carbons (Fsp3) is 0.333. The first-order valence-electron chi connectivity index (χ1n) is 3.93. The van der Waals surface area contributed by atoms with Crippen LogP contribution in [0.4, 0.5) is 0 Å². The highest BCUT2D eigenvalue weighted by Crippen LogP contribution is 2.09. The second-order valence-corrected chi connectivity index (χ2v) is 2.99. The Hall–Kier alpha value is -1.38. The van der Waals surface area contributed by atoms with E-state index in [2.05, 4.69) is 13.8 Å². The molecule has 1 aromatic rings. The van der Waals surface area contributed by atoms with E-state index in [1.807, 2.05) is 12.1 Å². The molecule has 12 heavy (non-hydrogen) atoms. The van der Waals surface area contributed by atoms with Crippen LogP contribution in [0.5, 0.6) is 0 Å². The van der Waals surface area contributed by atoms with Crippen molar-refractivity contribution in [2.45, 2.75) is 19.8 Å². The Labute approximate surface area is 71.7 Å². The Bertz CT molecular complexity index is 336. The first-order valence-corrected chi connectivity index (χ1v) is 3.93. The molecule has 0 atom stereocenters. The van der Waals surface area contributed by atoms with E-state index >= 15 is 0 Å². The molecular weight excluding hydrogens is 150 g/mol. The Morgan fingerprint density at radius 2 is 2.08 bits per heavy atom. The first kappa shape index (κ1) is 8.71. The van der Waals surface area contributed by atoms with E-state index in [1.54, 1.807) is 10.6 Å². The Balaban J connectivity index is 3.37. The average molecular weight is 163 g/mol. The predicted octanol–water partition coefficient (Wildman–Crippen LogP) is 1.55. The molecule has 1 rings (SSSR count). The lowest BCUT2D eigenvalue weighted by molar-refractivity contribution is 0.769. The smallest absolute Gasteiger partial charge is 0.130 e. The van der Waals surface area contributed by atoms with Gasteiger partial charge in [0.15, 0.2) is 0 Å². The summed E-state index contributed by atoms with van der Waals surface area (Å²) in [6.07, 6.45) is 1.18. The van der Waals surface area contributed by atoms with Crippen LogP contribution in [0.3, 0.4) is 0 Å². The maximum atomic E-state index is 7.52. The lowest BCUT2D eigenvalue weighted by atomic mass is 10.1. The number of nitrogens with zero attached hydrogens (tertiary/aromatic N) is 1. The van der Waals surface area contributed by atoms with E-state index in [1.165, 1.54) is 6.34 Å². The normalized spacial score (nSPS) is 10.2. The van der Waals surface area contributed by atoms with Gasteiger partial charge in [-0.3, -0.25) is 15.4 Å². The first-order chi connectivity index (χ1) is 5.66. The third-order valence-electron chi connectivity index (χ3n) is 1.78. The molecule has 0 unspecified atom stereocenters. The molecular formula is C9H13N3. The van der Waals surface area contributed by atoms with Crippen LogP contribution >= 0.6 is 0 Å². The molecule has 3 heteroatoms. The number of hydrogen-bond donors (Lipinski definition) is 2. The van der Waals surface area contributed by atoms with Gasteiger partial charge in [0.05, 0.1) is 6.34 Å². The summed E-state index contributed by atoms with van der Waals surface area (Å²) < 4.78 is 1.57. The number of pyridine rings is 1. The SMILES string of the molecule is CC(C)c1cccc(=N)n1C=N. The monoisotopic (exact) mass is 163 g/mol. The second-order valence-electron chi connectivity index (χ2n) is 2.99. The molecule has 1 aromatic heterocycles. The summed E-state index contributed by atoms with van der Waals surface area (Å²) in [7, 11) is 0. The maximum Gasteiger partial charge on any atom is 0.130 e. The summed E-state index contributed by atoms with van der Waals surface area (Å²) in [4.78, 5) is 0. The second kappa shape index (κ2) is 3.34. The van der Waals surface area contributed by atoms with Crippen molar-refractivity contribution >= 4 is 6.34 Å². The van der Waals surface area contributed by atoms with Crippen molar-refractivity contribution in [2.24, 2.45) is 0 Å². The largest absolute Gasteiger partial charge is 0.291 e. The minimum Gasteiger partial charge on any atom is -0.291 e. The third kappa shape index (κ3) is 1.44. The number of hydrogen-bond acceptors (Lipinski definition) is 2. The topological polar surface area (TPSA) is 52.6 Å². The van der Waals surface area contributed by atoms with Gasteiger partial charge in [0.25, 0.3) is 0 Å². The highest BCUT2D eigenvalue weighted by molar-refractivity contribution is 5.55. The van der Waals surface area contributed by atoms with Crippen LogP contribution in [-0.2, 0) is 0 Å². The lowest BCUT2D eigenvalue weighted by Gasteiger charge is -2.10. The standard InChI is InChI=1S/C9H13N3/c1-7(2)8-4-3-5-9(11)12(8)6-10/h3-7,10-11H,1-2H3. The van der Waals surface area contributed by atoms with E-state index in [0.717, 1.165) is 5.69 Å². The number of rotatable bonds is 2. The fourth-order valence-electron chi connectivity index (χ4n) is 1.15. The summed E-state index contributed by atoms with van der Waals surface area (Å²) in [5, 5.41) is 14.7. The van der Waals surface area contributed by atoms with Crippen LogP contribution in [0.25, 0.3) is 0 Å². The zero-order valence-electron chi connectivity index (χ0n) is 7.33. The highest BCUT2D eigenvalue weighted by Gasteiger charge is 2.02. The van der Waals surface area contributed by atoms with Crippen LogP contribution in [0.15, 0.2) is 18.2 Å². The summed E-state index contributed by atoms with van der Waals surface area (Å²) in [6.45, 7) is 4.10. The molecule has 0 saturated carbocycles. The molecule has 3 nitrogen and oxygen atoms in total. The molecule has 1 heterocycles. The molecule has 0 radical (unpaired) electrons. The molecule has 64 valence electrons. The Kier molecular flexibility index (Phi) is 2.43. The van der Waals surface area contributed by atoms with Gasteiger partial charge in [0, 0.05) is 5.69 Å². The van der Waals surface area contributed by atoms with Crippen LogP contribution in [-0.4, -0.2) is 10.9 Å². The van der Waals surface area contributed by atoms with Crippen LogP contribution < -0.4 is 5.49 Å². The van der Waals surface area contributed by atoms with Crippen molar-refractivity contribution in [1.82, 2.24) is 4.57 Å². The van der Waals surface area contributed by atoms with E-state index in [9.17, 15) is 0 Å². The zero-order valence-corrected chi connectivity index (χ0v) is 7.33. The molecule has 0 spiro atoms. The molecule has 0 fully saturated rings. The average Bonchev–Trinajstić information content (AvgIpc) is 2.03. The highest BCUT2D eigenvalue weighted by atomic mass is 15.0. The van der Waals surface area contributed by atoms with Gasteiger partial charge in [0.2, 0.25) is 0 Å². The third-order valence-corrected chi connectivity index (χ3v) is 1.78. The van der Waals surface area contributed by atoms with Crippen molar-refractivity contribution in [3.63, 3.8) is 0 Å². The van der Waals surface area contributed by atoms with Gasteiger partial charge in [0.1, 0.15) is 5.49 Å². The van der Waals surface area contributed by atoms with E-state index in [0.29, 0.717) is 11.4 Å². The quantitative estimate of drug-likeness (QED) is 0.491. The molecule has 0 aromatic carbocycles. The van der Waals surface area contributed by atoms with Gasteiger partial charge in [-0.15, -0.1) is 0 Å². The van der Waals surface area contributed by atoms with Crippen molar-refractivity contribution in [3.8, 4) is 0 Å². The number of nitrogens with one attached hydrogen (secondary N) is 2. The van der Waals surface area contributed by atoms with Gasteiger partial charge >= 0.3 is 0 Å². The summed E-state index contributed by atoms with van der Waals surface area (Å²) in [5.41, 5.74) is 1.36. The molecule has 0 aliphatic heterocycles. The van der Waals surface area contributed by atoms with E-state index in [-0.39, 0.29) is 0 Å². The van der Waals surface area contributed by atoms with Crippen LogP contribution in [0, 0.1) is 10.8 Å². The molecule has 2 N–H and O–H groups in total. The molecule has 0 aliphatic rings. The lowest BCUT2D eigenvalue weighted by Crippen LogP contribution is -2.22. The van der Waals surface area contributed by atoms with Gasteiger partial charge < -0.3 is 0 Å². The molecule has 0 saturated heterocycles. The minimum atomic E-state index is 0.344. The number of aromatic nitrogens is 1. The van der Waals surface area contributed by atoms with Gasteiger partial charge in [-0.05, 0) is 18.1 Å². The molecule has 0 aliphatic carbocycles. The van der Waals surface area contributed by atoms with Crippen LogP contribution in [0.1, 0.15) is 25.5 Å². The van der Waals surface area contributed by atoms with Crippen LogP contribution in [0.2, 0.25) is 0 Å². The fourth-order valence-corrected chi connectivity index (χ4v) is 1.15. The van der Waals surface area contributed by atoms with Crippen molar-refractivity contribution in [2.75, 3.05) is 0 Å². The van der Waals surface area contributed by atoms with Crippen molar-refractivity contribution < 1.29 is 0 Å². The Morgan fingerprint density at radius 3 is 2.50 bits per heavy atom. The summed E-state index contributed by atoms with van der Waals surface area (Å²) in [6, 6.07) is 5.46. The van der Waals surface area contributed by atoms with Gasteiger partial charge in [-0.25, -0.2) is 0 Å². The maximum absolute atomic E-state index is 7.52. The summed E-state index contributed by atoms with van der Waals surface area (Å²) >= 11 is 0. The molecule has 0 bridgehead atoms. The van der Waals surface area contributed by atoms with Gasteiger partial charge in [-0.1, -0.05) is 19.9 Å². The zero-order chi connectivity index (χ0) is 9.14. The summed E-state index contributed by atoms with van der Waals surface area (Å²) in [5.74, 6) is 0.344. The molecule has 0 amide bonds. The predicted molar refractivity (Wildman–Crippen MR) is 48.6 cm³/mol.